The van der Waals surface area contributed by atoms with Crippen molar-refractivity contribution >= 4 is 0 Å². The Morgan fingerprint density at radius 2 is 2.11 bits per heavy atom. The first-order valence-electron chi connectivity index (χ1n) is 6.30. The van der Waals surface area contributed by atoms with E-state index >= 15 is 0 Å². The fourth-order valence-electron chi connectivity index (χ4n) is 1.92. The normalized spacial score (nSPS) is 11.3. The number of hydrogen-bond donors (Lipinski definition) is 1. The van der Waals surface area contributed by atoms with Crippen molar-refractivity contribution in [2.24, 2.45) is 0 Å². The summed E-state index contributed by atoms with van der Waals surface area (Å²) in [5.74, 6) is 0.966. The van der Waals surface area contributed by atoms with Gasteiger partial charge in [-0.15, -0.1) is 10.2 Å². The predicted octanol–water partition coefficient (Wildman–Crippen LogP) is 1.37. The van der Waals surface area contributed by atoms with Crippen LogP contribution in [-0.4, -0.2) is 24.3 Å². The van der Waals surface area contributed by atoms with Crippen LogP contribution in [0.3, 0.4) is 0 Å². The van der Waals surface area contributed by atoms with Gasteiger partial charge in [0.2, 0.25) is 0 Å². The Hall–Kier alpha value is -1.69. The lowest BCUT2D eigenvalue weighted by molar-refractivity contribution is 0.540. The lowest BCUT2D eigenvalue weighted by Crippen LogP contribution is -2.19. The number of rotatable bonds is 6. The largest absolute Gasteiger partial charge is 0.331 e. The second-order valence-corrected chi connectivity index (χ2v) is 4.52. The minimum Gasteiger partial charge on any atom is -0.331 e. The minimum absolute atomic E-state index is 0.434. The number of nitrogens with zero attached hydrogens (tertiary/aromatic N) is 5. The zero-order valence-corrected chi connectivity index (χ0v) is 11.2. The van der Waals surface area contributed by atoms with Crippen molar-refractivity contribution in [2.75, 3.05) is 0 Å². The fraction of sp³-hybridized carbons (Fsp3) is 0.583. The third-order valence-electron chi connectivity index (χ3n) is 2.93. The van der Waals surface area contributed by atoms with Gasteiger partial charge < -0.3 is 14.5 Å². The maximum atomic E-state index is 4.18. The van der Waals surface area contributed by atoms with Crippen molar-refractivity contribution in [2.45, 2.75) is 46.4 Å². The average molecular weight is 248 g/mol. The Labute approximate surface area is 107 Å². The third-order valence-corrected chi connectivity index (χ3v) is 2.93. The van der Waals surface area contributed by atoms with E-state index in [0.29, 0.717) is 6.04 Å². The molecule has 0 aliphatic rings. The van der Waals surface area contributed by atoms with Crippen molar-refractivity contribution in [3.05, 3.63) is 30.4 Å². The highest BCUT2D eigenvalue weighted by atomic mass is 15.3. The summed E-state index contributed by atoms with van der Waals surface area (Å²) in [5.41, 5.74) is 1.19. The number of aromatic nitrogens is 5. The Bertz CT molecular complexity index is 484. The SMILES string of the molecule is CCn1cnnc1CNCc1cncn1C(C)C. The molecule has 1 N–H and O–H groups in total. The van der Waals surface area contributed by atoms with Gasteiger partial charge in [-0.1, -0.05) is 0 Å². The maximum Gasteiger partial charge on any atom is 0.146 e. The zero-order valence-electron chi connectivity index (χ0n) is 11.2. The van der Waals surface area contributed by atoms with Gasteiger partial charge in [0.05, 0.1) is 18.6 Å². The van der Waals surface area contributed by atoms with E-state index in [9.17, 15) is 0 Å². The van der Waals surface area contributed by atoms with Gasteiger partial charge in [0, 0.05) is 25.3 Å². The summed E-state index contributed by atoms with van der Waals surface area (Å²) in [4.78, 5) is 4.18. The highest BCUT2D eigenvalue weighted by Gasteiger charge is 2.06. The summed E-state index contributed by atoms with van der Waals surface area (Å²) in [7, 11) is 0. The number of hydrogen-bond acceptors (Lipinski definition) is 4. The number of aryl methyl sites for hydroxylation is 1. The molecule has 18 heavy (non-hydrogen) atoms. The fourth-order valence-corrected chi connectivity index (χ4v) is 1.92. The maximum absolute atomic E-state index is 4.18. The molecule has 0 saturated carbocycles. The third kappa shape index (κ3) is 2.76. The molecule has 0 spiro atoms. The standard InChI is InChI=1S/C12H20N6/c1-4-17-9-15-16-12(17)7-13-5-11-6-14-8-18(11)10(2)3/h6,8-10,13H,4-5,7H2,1-3H3. The summed E-state index contributed by atoms with van der Waals surface area (Å²) >= 11 is 0. The molecule has 2 rings (SSSR count). The molecule has 0 atom stereocenters. The highest BCUT2D eigenvalue weighted by Crippen LogP contribution is 2.08. The van der Waals surface area contributed by atoms with Crippen LogP contribution < -0.4 is 5.32 Å². The molecule has 0 amide bonds. The van der Waals surface area contributed by atoms with E-state index in [1.807, 2.05) is 17.1 Å². The molecule has 2 heterocycles. The Morgan fingerprint density at radius 1 is 1.28 bits per heavy atom. The molecule has 0 aliphatic carbocycles. The van der Waals surface area contributed by atoms with Crippen LogP contribution in [0.25, 0.3) is 0 Å². The van der Waals surface area contributed by atoms with E-state index < -0.39 is 0 Å². The smallest absolute Gasteiger partial charge is 0.146 e. The van der Waals surface area contributed by atoms with Crippen LogP contribution in [0.15, 0.2) is 18.9 Å². The molecule has 6 nitrogen and oxygen atoms in total. The first-order valence-corrected chi connectivity index (χ1v) is 6.30. The van der Waals surface area contributed by atoms with Gasteiger partial charge >= 0.3 is 0 Å². The highest BCUT2D eigenvalue weighted by molar-refractivity contribution is 4.99. The molecule has 98 valence electrons. The van der Waals surface area contributed by atoms with Crippen molar-refractivity contribution < 1.29 is 0 Å². The van der Waals surface area contributed by atoms with E-state index in [0.717, 1.165) is 25.5 Å². The molecule has 2 aromatic heterocycles. The van der Waals surface area contributed by atoms with Crippen LogP contribution in [0.5, 0.6) is 0 Å². The summed E-state index contributed by atoms with van der Waals surface area (Å²) < 4.78 is 4.20. The van der Waals surface area contributed by atoms with Crippen LogP contribution in [0.2, 0.25) is 0 Å². The monoisotopic (exact) mass is 248 g/mol. The summed E-state index contributed by atoms with van der Waals surface area (Å²) in [6.07, 6.45) is 5.53. The first kappa shape index (κ1) is 12.8. The van der Waals surface area contributed by atoms with Crippen LogP contribution in [0.1, 0.15) is 38.3 Å². The van der Waals surface area contributed by atoms with Crippen LogP contribution >= 0.6 is 0 Å². The van der Waals surface area contributed by atoms with Crippen molar-refractivity contribution in [3.8, 4) is 0 Å². The van der Waals surface area contributed by atoms with Gasteiger partial charge in [-0.05, 0) is 20.8 Å². The molecule has 0 saturated heterocycles. The second-order valence-electron chi connectivity index (χ2n) is 4.52. The molecule has 0 radical (unpaired) electrons. The lowest BCUT2D eigenvalue weighted by Gasteiger charge is -2.12. The van der Waals surface area contributed by atoms with Crippen molar-refractivity contribution in [1.29, 1.82) is 0 Å². The average Bonchev–Trinajstić information content (AvgIpc) is 2.97. The molecule has 0 aliphatic heterocycles. The van der Waals surface area contributed by atoms with Gasteiger partial charge in [0.25, 0.3) is 0 Å². The van der Waals surface area contributed by atoms with Crippen molar-refractivity contribution in [1.82, 2.24) is 29.6 Å². The Morgan fingerprint density at radius 3 is 2.83 bits per heavy atom. The molecule has 0 fully saturated rings. The second kappa shape index (κ2) is 5.77. The molecule has 6 heteroatoms. The number of nitrogens with one attached hydrogen (secondary N) is 1. The molecule has 0 bridgehead atoms. The summed E-state index contributed by atoms with van der Waals surface area (Å²) in [6, 6.07) is 0.434. The molecule has 2 aromatic rings. The van der Waals surface area contributed by atoms with E-state index in [1.54, 1.807) is 6.33 Å². The van der Waals surface area contributed by atoms with E-state index in [1.165, 1.54) is 5.69 Å². The van der Waals surface area contributed by atoms with Crippen LogP contribution in [-0.2, 0) is 19.6 Å². The minimum atomic E-state index is 0.434. The number of imidazole rings is 1. The Balaban J connectivity index is 1.90. The molecule has 0 unspecified atom stereocenters. The molecular formula is C12H20N6. The van der Waals surface area contributed by atoms with E-state index in [2.05, 4.69) is 45.8 Å². The first-order chi connectivity index (χ1) is 8.72. The zero-order chi connectivity index (χ0) is 13.0. The lowest BCUT2D eigenvalue weighted by atomic mass is 10.3. The topological polar surface area (TPSA) is 60.6 Å². The van der Waals surface area contributed by atoms with Gasteiger partial charge in [-0.3, -0.25) is 0 Å². The van der Waals surface area contributed by atoms with Gasteiger partial charge in [-0.2, -0.15) is 0 Å². The van der Waals surface area contributed by atoms with Crippen molar-refractivity contribution in [3.63, 3.8) is 0 Å². The van der Waals surface area contributed by atoms with Gasteiger partial charge in [-0.25, -0.2) is 4.98 Å². The van der Waals surface area contributed by atoms with Gasteiger partial charge in [0.15, 0.2) is 0 Å². The summed E-state index contributed by atoms with van der Waals surface area (Å²) in [6.45, 7) is 8.79. The van der Waals surface area contributed by atoms with E-state index in [4.69, 9.17) is 0 Å². The Kier molecular flexibility index (Phi) is 4.09. The predicted molar refractivity (Wildman–Crippen MR) is 68.9 cm³/mol. The quantitative estimate of drug-likeness (QED) is 0.838. The summed E-state index contributed by atoms with van der Waals surface area (Å²) in [5, 5.41) is 11.4. The van der Waals surface area contributed by atoms with Crippen LogP contribution in [0.4, 0.5) is 0 Å². The van der Waals surface area contributed by atoms with Gasteiger partial charge in [0.1, 0.15) is 12.2 Å². The molecular weight excluding hydrogens is 228 g/mol. The molecule has 0 aromatic carbocycles. The van der Waals surface area contributed by atoms with Crippen LogP contribution in [0, 0.1) is 0 Å². The van der Waals surface area contributed by atoms with E-state index in [-0.39, 0.29) is 0 Å².